The standard InChI is InChI=1S/C6H19NO4Si2/c1-9-12(10-2)11-13(3,8)6-4-5-7/h8,12H,4-7H2,1-3H3. The first-order chi connectivity index (χ1) is 6.05. The normalized spacial score (nSPS) is 16.2. The van der Waals surface area contributed by atoms with E-state index in [1.54, 1.807) is 6.55 Å². The van der Waals surface area contributed by atoms with Gasteiger partial charge in [-0.2, -0.15) is 0 Å². The molecule has 0 spiro atoms. The second-order valence-electron chi connectivity index (χ2n) is 2.95. The Hall–Kier alpha value is 0.234. The van der Waals surface area contributed by atoms with Crippen LogP contribution in [0.3, 0.4) is 0 Å². The third-order valence-electron chi connectivity index (χ3n) is 1.58. The Morgan fingerprint density at radius 3 is 2.31 bits per heavy atom. The van der Waals surface area contributed by atoms with Gasteiger partial charge in [-0.05, 0) is 25.6 Å². The molecular weight excluding hydrogens is 206 g/mol. The monoisotopic (exact) mass is 225 g/mol. The van der Waals surface area contributed by atoms with Crippen molar-refractivity contribution in [3.8, 4) is 0 Å². The molecule has 0 saturated carbocycles. The number of nitrogens with two attached hydrogens (primary N) is 1. The Labute approximate surface area is 82.0 Å². The average Bonchev–Trinajstić information content (AvgIpc) is 2.11. The quantitative estimate of drug-likeness (QED) is 0.568. The summed E-state index contributed by atoms with van der Waals surface area (Å²) in [5.74, 6) is 0. The zero-order chi connectivity index (χ0) is 10.3. The van der Waals surface area contributed by atoms with Crippen molar-refractivity contribution in [3.63, 3.8) is 0 Å². The second-order valence-corrected chi connectivity index (χ2v) is 8.26. The fraction of sp³-hybridized carbons (Fsp3) is 1.00. The largest absolute Gasteiger partial charge is 0.474 e. The summed E-state index contributed by atoms with van der Waals surface area (Å²) >= 11 is 0. The Kier molecular flexibility index (Phi) is 6.77. The maximum absolute atomic E-state index is 9.81. The van der Waals surface area contributed by atoms with Gasteiger partial charge in [0, 0.05) is 14.2 Å². The first-order valence-electron chi connectivity index (χ1n) is 4.21. The van der Waals surface area contributed by atoms with Gasteiger partial charge in [0.1, 0.15) is 0 Å². The highest BCUT2D eigenvalue weighted by atomic mass is 28.4. The molecule has 5 nitrogen and oxygen atoms in total. The fourth-order valence-electron chi connectivity index (χ4n) is 0.889. The van der Waals surface area contributed by atoms with Crippen LogP contribution in [0, 0.1) is 0 Å². The lowest BCUT2D eigenvalue weighted by atomic mass is 10.5. The third-order valence-corrected chi connectivity index (χ3v) is 6.43. The average molecular weight is 225 g/mol. The van der Waals surface area contributed by atoms with Crippen molar-refractivity contribution in [1.82, 2.24) is 0 Å². The van der Waals surface area contributed by atoms with Gasteiger partial charge in [0.15, 0.2) is 0 Å². The highest BCUT2D eigenvalue weighted by molar-refractivity contribution is 6.70. The maximum atomic E-state index is 9.81. The third kappa shape index (κ3) is 6.32. The zero-order valence-corrected chi connectivity index (χ0v) is 10.6. The molecule has 1 unspecified atom stereocenters. The van der Waals surface area contributed by atoms with Crippen LogP contribution < -0.4 is 5.73 Å². The van der Waals surface area contributed by atoms with Crippen molar-refractivity contribution < 1.29 is 17.8 Å². The molecule has 0 aromatic rings. The van der Waals surface area contributed by atoms with Crippen LogP contribution in [0.1, 0.15) is 6.42 Å². The van der Waals surface area contributed by atoms with Gasteiger partial charge in [-0.25, -0.2) is 0 Å². The lowest BCUT2D eigenvalue weighted by Gasteiger charge is -2.23. The Morgan fingerprint density at radius 2 is 1.92 bits per heavy atom. The summed E-state index contributed by atoms with van der Waals surface area (Å²) < 4.78 is 15.3. The molecule has 1 atom stereocenters. The van der Waals surface area contributed by atoms with Crippen molar-refractivity contribution in [3.05, 3.63) is 0 Å². The van der Waals surface area contributed by atoms with Crippen molar-refractivity contribution in [2.45, 2.75) is 19.0 Å². The number of hydrogen-bond acceptors (Lipinski definition) is 5. The summed E-state index contributed by atoms with van der Waals surface area (Å²) in [5.41, 5.74) is 5.34. The smallest absolute Gasteiger partial charge is 0.411 e. The second kappa shape index (κ2) is 6.65. The first-order valence-corrected chi connectivity index (χ1v) is 8.19. The highest BCUT2D eigenvalue weighted by Gasteiger charge is 2.31. The topological polar surface area (TPSA) is 73.9 Å². The molecule has 0 rings (SSSR count). The van der Waals surface area contributed by atoms with E-state index >= 15 is 0 Å². The molecular formula is C6H19NO4Si2. The molecule has 0 bridgehead atoms. The highest BCUT2D eigenvalue weighted by Crippen LogP contribution is 2.11. The molecule has 3 N–H and O–H groups in total. The molecule has 0 saturated heterocycles. The number of hydrogen-bond donors (Lipinski definition) is 2. The van der Waals surface area contributed by atoms with Crippen LogP contribution in [-0.4, -0.2) is 43.6 Å². The van der Waals surface area contributed by atoms with Gasteiger partial charge < -0.3 is 23.5 Å². The van der Waals surface area contributed by atoms with Gasteiger partial charge in [0.25, 0.3) is 0 Å². The van der Waals surface area contributed by atoms with E-state index < -0.39 is 18.1 Å². The summed E-state index contributed by atoms with van der Waals surface area (Å²) in [6.07, 6.45) is 0.772. The van der Waals surface area contributed by atoms with Crippen LogP contribution in [0.2, 0.25) is 12.6 Å². The molecule has 0 fully saturated rings. The summed E-state index contributed by atoms with van der Waals surface area (Å²) in [7, 11) is -1.64. The molecule has 0 amide bonds. The van der Waals surface area contributed by atoms with Gasteiger partial charge in [0.2, 0.25) is 0 Å². The van der Waals surface area contributed by atoms with E-state index in [0.717, 1.165) is 6.42 Å². The van der Waals surface area contributed by atoms with Crippen LogP contribution in [0.4, 0.5) is 0 Å². The Morgan fingerprint density at radius 1 is 1.38 bits per heavy atom. The summed E-state index contributed by atoms with van der Waals surface area (Å²) in [6.45, 7) is 2.29. The summed E-state index contributed by atoms with van der Waals surface area (Å²) in [5, 5.41) is 0. The lowest BCUT2D eigenvalue weighted by molar-refractivity contribution is 0.181. The lowest BCUT2D eigenvalue weighted by Crippen LogP contribution is -2.43. The molecule has 0 aliphatic rings. The predicted octanol–water partition coefficient (Wildman–Crippen LogP) is -0.574. The van der Waals surface area contributed by atoms with Crippen LogP contribution in [0.25, 0.3) is 0 Å². The summed E-state index contributed by atoms with van der Waals surface area (Å²) in [6, 6.07) is 0.625. The molecule has 0 heterocycles. The fourth-order valence-corrected chi connectivity index (χ4v) is 4.84. The molecule has 0 radical (unpaired) electrons. The minimum absolute atomic E-state index is 0.568. The van der Waals surface area contributed by atoms with Gasteiger partial charge in [-0.3, -0.25) is 0 Å². The molecule has 0 aliphatic carbocycles. The molecule has 13 heavy (non-hydrogen) atoms. The molecule has 0 aliphatic heterocycles. The minimum Gasteiger partial charge on any atom is -0.411 e. The molecule has 0 aromatic heterocycles. The Balaban J connectivity index is 3.83. The van der Waals surface area contributed by atoms with Crippen LogP contribution in [-0.2, 0) is 13.0 Å². The number of rotatable bonds is 7. The van der Waals surface area contributed by atoms with E-state index in [0.29, 0.717) is 12.6 Å². The predicted molar refractivity (Wildman–Crippen MR) is 54.6 cm³/mol. The van der Waals surface area contributed by atoms with Crippen molar-refractivity contribution in [1.29, 1.82) is 0 Å². The first kappa shape index (κ1) is 13.2. The van der Waals surface area contributed by atoms with Crippen molar-refractivity contribution >= 4 is 18.1 Å². The van der Waals surface area contributed by atoms with Crippen LogP contribution >= 0.6 is 0 Å². The van der Waals surface area contributed by atoms with E-state index in [1.165, 1.54) is 14.2 Å². The van der Waals surface area contributed by atoms with Crippen molar-refractivity contribution in [2.24, 2.45) is 5.73 Å². The molecule has 80 valence electrons. The van der Waals surface area contributed by atoms with Gasteiger partial charge >= 0.3 is 18.1 Å². The van der Waals surface area contributed by atoms with Crippen LogP contribution in [0.5, 0.6) is 0 Å². The minimum atomic E-state index is -2.60. The van der Waals surface area contributed by atoms with E-state index in [9.17, 15) is 4.80 Å². The SMILES string of the molecule is CO[SiH](OC)O[Si](C)(O)CCCN. The van der Waals surface area contributed by atoms with Gasteiger partial charge in [-0.15, -0.1) is 0 Å². The van der Waals surface area contributed by atoms with E-state index in [4.69, 9.17) is 18.7 Å². The van der Waals surface area contributed by atoms with E-state index in [2.05, 4.69) is 0 Å². The van der Waals surface area contributed by atoms with Gasteiger partial charge in [-0.1, -0.05) is 0 Å². The van der Waals surface area contributed by atoms with E-state index in [-0.39, 0.29) is 0 Å². The van der Waals surface area contributed by atoms with Crippen molar-refractivity contribution in [2.75, 3.05) is 20.8 Å². The molecule has 0 aromatic carbocycles. The molecule has 7 heteroatoms. The Bertz CT molecular complexity index is 132. The van der Waals surface area contributed by atoms with E-state index in [1.807, 2.05) is 0 Å². The zero-order valence-electron chi connectivity index (χ0n) is 8.45. The van der Waals surface area contributed by atoms with Gasteiger partial charge in [0.05, 0.1) is 0 Å². The summed E-state index contributed by atoms with van der Waals surface area (Å²) in [4.78, 5) is 9.81. The van der Waals surface area contributed by atoms with Crippen LogP contribution in [0.15, 0.2) is 0 Å². The maximum Gasteiger partial charge on any atom is 0.474 e.